The van der Waals surface area contributed by atoms with Crippen molar-refractivity contribution in [1.29, 1.82) is 0 Å². The Kier molecular flexibility index (Phi) is 11.6. The van der Waals surface area contributed by atoms with E-state index in [9.17, 15) is 9.59 Å². The van der Waals surface area contributed by atoms with Gasteiger partial charge in [-0.25, -0.2) is 0 Å². The van der Waals surface area contributed by atoms with Crippen LogP contribution in [0.3, 0.4) is 0 Å². The number of aldehydes is 1. The molecule has 94 valence electrons. The molecule has 0 saturated carbocycles. The maximum atomic E-state index is 10.5. The van der Waals surface area contributed by atoms with Crippen LogP contribution < -0.4 is 0 Å². The van der Waals surface area contributed by atoms with Crippen LogP contribution in [-0.4, -0.2) is 18.9 Å². The summed E-state index contributed by atoms with van der Waals surface area (Å²) in [5.74, 6) is -0.185. The molecule has 0 saturated heterocycles. The Morgan fingerprint density at radius 1 is 0.938 bits per heavy atom. The number of rotatable bonds is 11. The Bertz CT molecular complexity index is 178. The van der Waals surface area contributed by atoms with Crippen LogP contribution in [0.1, 0.15) is 64.7 Å². The van der Waals surface area contributed by atoms with Gasteiger partial charge in [-0.1, -0.05) is 38.5 Å². The zero-order valence-electron chi connectivity index (χ0n) is 10.4. The molecule has 0 spiro atoms. The largest absolute Gasteiger partial charge is 0.466 e. The predicted octanol–water partition coefficient (Wildman–Crippen LogP) is 3.26. The summed E-state index contributed by atoms with van der Waals surface area (Å²) in [6, 6.07) is 0. The van der Waals surface area contributed by atoms with Crippen molar-refractivity contribution in [2.24, 2.45) is 0 Å². The van der Waals surface area contributed by atoms with Crippen LogP contribution in [0, 0.1) is 0 Å². The van der Waals surface area contributed by atoms with Gasteiger partial charge in [-0.2, -0.15) is 0 Å². The van der Waals surface area contributed by atoms with Crippen LogP contribution >= 0.6 is 0 Å². The molecule has 0 radical (unpaired) electrons. The van der Waals surface area contributed by atoms with Crippen molar-refractivity contribution in [3.63, 3.8) is 0 Å². The number of carbonyl (C=O) groups is 2. The average molecular weight is 228 g/mol. The van der Waals surface area contributed by atoms with Crippen molar-refractivity contribution >= 4 is 12.3 Å². The molecule has 0 aromatic carbocycles. The molecule has 0 aliphatic heterocycles. The molecule has 0 unspecified atom stereocenters. The fourth-order valence-electron chi connectivity index (χ4n) is 1.61. The van der Waals surface area contributed by atoms with Gasteiger partial charge < -0.3 is 9.53 Å². The second-order valence-electron chi connectivity index (χ2n) is 4.12. The predicted molar refractivity (Wildman–Crippen MR) is 64.3 cm³/mol. The summed E-state index contributed by atoms with van der Waals surface area (Å²) >= 11 is 0. The van der Waals surface area contributed by atoms with Gasteiger partial charge in [0.05, 0.1) is 6.61 Å². The van der Waals surface area contributed by atoms with Crippen molar-refractivity contribution in [1.82, 2.24) is 0 Å². The standard InChI is InChI=1S/C13H24O3/c1-13(15)16-12-10-8-6-4-2-3-5-7-9-11-14/h11H,2-10,12H2,1H3. The van der Waals surface area contributed by atoms with Crippen LogP contribution in [0.2, 0.25) is 0 Å². The zero-order valence-corrected chi connectivity index (χ0v) is 10.4. The molecular weight excluding hydrogens is 204 g/mol. The topological polar surface area (TPSA) is 43.4 Å². The average Bonchev–Trinajstić information content (AvgIpc) is 2.25. The molecule has 0 aromatic heterocycles. The molecule has 0 atom stereocenters. The van der Waals surface area contributed by atoms with Gasteiger partial charge in [0, 0.05) is 13.3 Å². The van der Waals surface area contributed by atoms with E-state index >= 15 is 0 Å². The van der Waals surface area contributed by atoms with E-state index in [0.29, 0.717) is 13.0 Å². The Morgan fingerprint density at radius 2 is 1.44 bits per heavy atom. The van der Waals surface area contributed by atoms with Gasteiger partial charge in [-0.15, -0.1) is 0 Å². The van der Waals surface area contributed by atoms with E-state index in [4.69, 9.17) is 4.74 Å². The summed E-state index contributed by atoms with van der Waals surface area (Å²) < 4.78 is 4.84. The van der Waals surface area contributed by atoms with Crippen LogP contribution in [-0.2, 0) is 14.3 Å². The van der Waals surface area contributed by atoms with Crippen LogP contribution in [0.5, 0.6) is 0 Å². The molecule has 0 N–H and O–H groups in total. The quantitative estimate of drug-likeness (QED) is 0.310. The Morgan fingerprint density at radius 3 is 1.94 bits per heavy atom. The van der Waals surface area contributed by atoms with E-state index in [1.54, 1.807) is 0 Å². The highest BCUT2D eigenvalue weighted by molar-refractivity contribution is 5.65. The minimum atomic E-state index is -0.185. The number of hydrogen-bond acceptors (Lipinski definition) is 3. The van der Waals surface area contributed by atoms with E-state index < -0.39 is 0 Å². The molecule has 0 heterocycles. The Balaban J connectivity index is 2.93. The summed E-state index contributed by atoms with van der Waals surface area (Å²) in [5, 5.41) is 0. The Hall–Kier alpha value is -0.860. The van der Waals surface area contributed by atoms with Gasteiger partial charge in [0.15, 0.2) is 0 Å². The lowest BCUT2D eigenvalue weighted by atomic mass is 10.1. The number of hydrogen-bond donors (Lipinski definition) is 0. The van der Waals surface area contributed by atoms with Crippen molar-refractivity contribution in [2.75, 3.05) is 6.61 Å². The van der Waals surface area contributed by atoms with E-state index in [-0.39, 0.29) is 5.97 Å². The van der Waals surface area contributed by atoms with Crippen LogP contribution in [0.15, 0.2) is 0 Å². The summed E-state index contributed by atoms with van der Waals surface area (Å²) in [7, 11) is 0. The van der Waals surface area contributed by atoms with E-state index in [1.165, 1.54) is 39.0 Å². The van der Waals surface area contributed by atoms with Gasteiger partial charge >= 0.3 is 5.97 Å². The number of unbranched alkanes of at least 4 members (excludes halogenated alkanes) is 8. The Labute approximate surface area is 98.6 Å². The van der Waals surface area contributed by atoms with Gasteiger partial charge in [0.2, 0.25) is 0 Å². The second kappa shape index (κ2) is 12.2. The third kappa shape index (κ3) is 13.1. The minimum absolute atomic E-state index is 0.185. The SMILES string of the molecule is CC(=O)OCCCCCCCCCCC=O. The third-order valence-electron chi connectivity index (χ3n) is 2.52. The highest BCUT2D eigenvalue weighted by atomic mass is 16.5. The van der Waals surface area contributed by atoms with Crippen molar-refractivity contribution in [2.45, 2.75) is 64.7 Å². The van der Waals surface area contributed by atoms with Crippen LogP contribution in [0.4, 0.5) is 0 Å². The van der Waals surface area contributed by atoms with E-state index in [0.717, 1.165) is 25.5 Å². The van der Waals surface area contributed by atoms with Gasteiger partial charge in [0.25, 0.3) is 0 Å². The van der Waals surface area contributed by atoms with E-state index in [2.05, 4.69) is 0 Å². The number of ether oxygens (including phenoxy) is 1. The molecular formula is C13H24O3. The first kappa shape index (κ1) is 15.1. The molecule has 0 rings (SSSR count). The number of esters is 1. The lowest BCUT2D eigenvalue weighted by Crippen LogP contribution is -2.00. The van der Waals surface area contributed by atoms with Gasteiger partial charge in [-0.3, -0.25) is 4.79 Å². The lowest BCUT2D eigenvalue weighted by molar-refractivity contribution is -0.141. The zero-order chi connectivity index (χ0) is 12.1. The summed E-state index contributed by atoms with van der Waals surface area (Å²) in [6.45, 7) is 2.01. The summed E-state index contributed by atoms with van der Waals surface area (Å²) in [6.07, 6.45) is 11.0. The molecule has 0 aliphatic carbocycles. The van der Waals surface area contributed by atoms with Gasteiger partial charge in [0.1, 0.15) is 6.29 Å². The normalized spacial score (nSPS) is 10.1. The van der Waals surface area contributed by atoms with E-state index in [1.807, 2.05) is 0 Å². The van der Waals surface area contributed by atoms with Crippen molar-refractivity contribution < 1.29 is 14.3 Å². The smallest absolute Gasteiger partial charge is 0.302 e. The van der Waals surface area contributed by atoms with Gasteiger partial charge in [-0.05, 0) is 12.8 Å². The molecule has 3 heteroatoms. The fourth-order valence-corrected chi connectivity index (χ4v) is 1.61. The first-order chi connectivity index (χ1) is 7.77. The molecule has 0 aromatic rings. The molecule has 3 nitrogen and oxygen atoms in total. The van der Waals surface area contributed by atoms with Crippen molar-refractivity contribution in [3.8, 4) is 0 Å². The third-order valence-corrected chi connectivity index (χ3v) is 2.52. The maximum Gasteiger partial charge on any atom is 0.302 e. The fraction of sp³-hybridized carbons (Fsp3) is 0.846. The van der Waals surface area contributed by atoms with Crippen molar-refractivity contribution in [3.05, 3.63) is 0 Å². The second-order valence-corrected chi connectivity index (χ2v) is 4.12. The minimum Gasteiger partial charge on any atom is -0.466 e. The molecule has 0 aliphatic rings. The first-order valence-corrected chi connectivity index (χ1v) is 6.34. The summed E-state index contributed by atoms with van der Waals surface area (Å²) in [5.41, 5.74) is 0. The molecule has 0 fully saturated rings. The molecule has 0 bridgehead atoms. The lowest BCUT2D eigenvalue weighted by Gasteiger charge is -2.02. The first-order valence-electron chi connectivity index (χ1n) is 6.34. The number of carbonyl (C=O) groups excluding carboxylic acids is 2. The van der Waals surface area contributed by atoms with Crippen LogP contribution in [0.25, 0.3) is 0 Å². The highest BCUT2D eigenvalue weighted by Crippen LogP contribution is 2.09. The maximum absolute atomic E-state index is 10.5. The molecule has 16 heavy (non-hydrogen) atoms. The summed E-state index contributed by atoms with van der Waals surface area (Å²) in [4.78, 5) is 20.5. The molecule has 0 amide bonds. The monoisotopic (exact) mass is 228 g/mol. The highest BCUT2D eigenvalue weighted by Gasteiger charge is 1.94.